The number of quaternary nitrogens is 1. The minimum Gasteiger partial charge on any atom is -0.550 e. The maximum absolute atomic E-state index is 10.8. The smallest absolute Gasteiger partial charge is 0.137 e. The number of nitrogens with zero attached hydrogens (tertiary/aromatic N) is 2. The molecule has 5 nitrogen and oxygen atoms in total. The average Bonchev–Trinajstić information content (AvgIpc) is 2.82. The molecule has 1 aliphatic rings. The molecule has 106 valence electrons. The van der Waals surface area contributed by atoms with Crippen molar-refractivity contribution < 1.29 is 14.8 Å². The molecule has 0 bridgehead atoms. The molecule has 2 aromatic rings. The summed E-state index contributed by atoms with van der Waals surface area (Å²) in [5.74, 6) is -1.19. The maximum atomic E-state index is 10.8. The van der Waals surface area contributed by atoms with E-state index in [1.54, 1.807) is 0 Å². The molecule has 3 rings (SSSR count). The number of imidazole rings is 1. The van der Waals surface area contributed by atoms with Crippen LogP contribution in [0.1, 0.15) is 18.5 Å². The summed E-state index contributed by atoms with van der Waals surface area (Å²) < 4.78 is 2.00. The van der Waals surface area contributed by atoms with Crippen molar-refractivity contribution in [2.75, 3.05) is 13.1 Å². The fraction of sp³-hybridized carbons (Fsp3) is 0.429. The number of rotatable bonds is 3. The topological polar surface area (TPSA) is 61.9 Å². The third-order valence-electron chi connectivity index (χ3n) is 4.00. The number of aromatic nitrogens is 2. The van der Waals surface area contributed by atoms with Crippen LogP contribution in [0, 0.1) is 5.92 Å². The maximum Gasteiger partial charge on any atom is 0.137 e. The minimum absolute atomic E-state index is 0.282. The lowest BCUT2D eigenvalue weighted by Crippen LogP contribution is -3.12. The predicted octanol–water partition coefficient (Wildman–Crippen LogP) is -0.467. The Morgan fingerprint density at radius 1 is 1.45 bits per heavy atom. The van der Waals surface area contributed by atoms with Crippen LogP contribution in [0.5, 0.6) is 0 Å². The van der Waals surface area contributed by atoms with Gasteiger partial charge in [0, 0.05) is 30.9 Å². The van der Waals surface area contributed by atoms with Crippen LogP contribution in [0.15, 0.2) is 24.5 Å². The molecule has 1 aliphatic heterocycles. The fourth-order valence-corrected chi connectivity index (χ4v) is 2.99. The Labute approximate surface area is 121 Å². The Morgan fingerprint density at radius 3 is 2.90 bits per heavy atom. The number of aliphatic carboxylic acids is 1. The molecule has 3 heterocycles. The van der Waals surface area contributed by atoms with E-state index in [4.69, 9.17) is 11.6 Å². The molecular formula is C14H16ClN3O2. The minimum atomic E-state index is -0.911. The molecule has 0 aromatic carbocycles. The highest BCUT2D eigenvalue weighted by atomic mass is 35.5. The molecule has 2 aromatic heterocycles. The zero-order chi connectivity index (χ0) is 14.1. The lowest BCUT2D eigenvalue weighted by Gasteiger charge is -2.29. The molecule has 0 radical (unpaired) electrons. The van der Waals surface area contributed by atoms with Gasteiger partial charge in [0.1, 0.15) is 12.2 Å². The summed E-state index contributed by atoms with van der Waals surface area (Å²) in [7, 11) is 0. The number of carbonyl (C=O) groups excluding carboxylic acids is 1. The lowest BCUT2D eigenvalue weighted by atomic mass is 9.97. The number of halogens is 1. The van der Waals surface area contributed by atoms with Gasteiger partial charge in [-0.2, -0.15) is 0 Å². The van der Waals surface area contributed by atoms with Gasteiger partial charge in [0.2, 0.25) is 0 Å². The Balaban J connectivity index is 1.71. The Morgan fingerprint density at radius 2 is 2.20 bits per heavy atom. The Bertz CT molecular complexity index is 632. The van der Waals surface area contributed by atoms with E-state index in [2.05, 4.69) is 4.98 Å². The van der Waals surface area contributed by atoms with E-state index in [-0.39, 0.29) is 5.92 Å². The first kappa shape index (κ1) is 13.4. The fourth-order valence-electron chi connectivity index (χ4n) is 2.83. The monoisotopic (exact) mass is 293 g/mol. The number of pyridine rings is 1. The van der Waals surface area contributed by atoms with E-state index in [9.17, 15) is 9.90 Å². The van der Waals surface area contributed by atoms with Crippen molar-refractivity contribution >= 4 is 23.2 Å². The quantitative estimate of drug-likeness (QED) is 0.832. The van der Waals surface area contributed by atoms with Gasteiger partial charge >= 0.3 is 0 Å². The second-order valence-electron chi connectivity index (χ2n) is 5.35. The van der Waals surface area contributed by atoms with Gasteiger partial charge < -0.3 is 14.8 Å². The van der Waals surface area contributed by atoms with Crippen LogP contribution in [-0.4, -0.2) is 28.4 Å². The van der Waals surface area contributed by atoms with Crippen molar-refractivity contribution in [1.29, 1.82) is 0 Å². The Kier molecular flexibility index (Phi) is 3.63. The molecule has 1 saturated heterocycles. The van der Waals surface area contributed by atoms with Crippen LogP contribution in [0.4, 0.5) is 0 Å². The van der Waals surface area contributed by atoms with Gasteiger partial charge in [-0.05, 0) is 12.1 Å². The van der Waals surface area contributed by atoms with Crippen molar-refractivity contribution in [3.63, 3.8) is 0 Å². The van der Waals surface area contributed by atoms with Crippen LogP contribution in [0.25, 0.3) is 5.65 Å². The van der Waals surface area contributed by atoms with Gasteiger partial charge in [-0.1, -0.05) is 11.6 Å². The number of carboxylic acid groups (broad SMARTS) is 1. The number of nitrogens with one attached hydrogen (secondary N) is 1. The SMILES string of the molecule is O=C([O-])C1CC[NH+](Cc2cnc3ccc(Cl)cn23)CC1. The van der Waals surface area contributed by atoms with Gasteiger partial charge in [0.15, 0.2) is 0 Å². The summed E-state index contributed by atoms with van der Waals surface area (Å²) in [6.07, 6.45) is 5.11. The van der Waals surface area contributed by atoms with Crippen LogP contribution in [-0.2, 0) is 11.3 Å². The highest BCUT2D eigenvalue weighted by Gasteiger charge is 2.23. The number of hydrogen-bond donors (Lipinski definition) is 1. The van der Waals surface area contributed by atoms with Crippen LogP contribution >= 0.6 is 11.6 Å². The van der Waals surface area contributed by atoms with E-state index in [0.29, 0.717) is 17.9 Å². The third kappa shape index (κ3) is 2.64. The first-order valence-corrected chi connectivity index (χ1v) is 7.17. The van der Waals surface area contributed by atoms with Crippen molar-refractivity contribution in [2.45, 2.75) is 19.4 Å². The second kappa shape index (κ2) is 5.42. The molecule has 0 amide bonds. The molecular weight excluding hydrogens is 278 g/mol. The highest BCUT2D eigenvalue weighted by molar-refractivity contribution is 6.30. The van der Waals surface area contributed by atoms with Crippen LogP contribution in [0.3, 0.4) is 0 Å². The first-order valence-electron chi connectivity index (χ1n) is 6.79. The molecule has 0 atom stereocenters. The Hall–Kier alpha value is -1.59. The lowest BCUT2D eigenvalue weighted by molar-refractivity contribution is -0.919. The number of fused-ring (bicyclic) bond motifs is 1. The van der Waals surface area contributed by atoms with Crippen molar-refractivity contribution in [3.8, 4) is 0 Å². The molecule has 0 aliphatic carbocycles. The molecule has 0 saturated carbocycles. The number of likely N-dealkylation sites (tertiary alicyclic amines) is 1. The zero-order valence-electron chi connectivity index (χ0n) is 11.0. The van der Waals surface area contributed by atoms with Crippen molar-refractivity contribution in [2.24, 2.45) is 5.92 Å². The van der Waals surface area contributed by atoms with E-state index >= 15 is 0 Å². The number of carboxylic acids is 1. The van der Waals surface area contributed by atoms with Crippen LogP contribution in [0.2, 0.25) is 5.02 Å². The summed E-state index contributed by atoms with van der Waals surface area (Å²) in [6.45, 7) is 2.54. The number of hydrogen-bond acceptors (Lipinski definition) is 3. The van der Waals surface area contributed by atoms with E-state index in [1.165, 1.54) is 4.90 Å². The second-order valence-corrected chi connectivity index (χ2v) is 5.78. The number of piperidine rings is 1. The molecule has 6 heteroatoms. The summed E-state index contributed by atoms with van der Waals surface area (Å²) in [5, 5.41) is 11.5. The molecule has 1 fully saturated rings. The summed E-state index contributed by atoms with van der Waals surface area (Å²) in [6, 6.07) is 3.72. The van der Waals surface area contributed by atoms with E-state index < -0.39 is 5.97 Å². The van der Waals surface area contributed by atoms with E-state index in [1.807, 2.05) is 28.9 Å². The largest absolute Gasteiger partial charge is 0.550 e. The standard InChI is InChI=1S/C14H16ClN3O2/c15-11-1-2-13-16-7-12(18(13)8-11)9-17-5-3-10(4-6-17)14(19)20/h1-2,7-8,10H,3-6,9H2,(H,19,20). The van der Waals surface area contributed by atoms with Gasteiger partial charge in [-0.15, -0.1) is 0 Å². The summed E-state index contributed by atoms with van der Waals surface area (Å²) in [5.41, 5.74) is 1.98. The van der Waals surface area contributed by atoms with Gasteiger partial charge in [-0.3, -0.25) is 4.40 Å². The molecule has 0 spiro atoms. The zero-order valence-corrected chi connectivity index (χ0v) is 11.8. The predicted molar refractivity (Wildman–Crippen MR) is 72.3 cm³/mol. The molecule has 20 heavy (non-hydrogen) atoms. The van der Waals surface area contributed by atoms with Crippen molar-refractivity contribution in [1.82, 2.24) is 9.38 Å². The van der Waals surface area contributed by atoms with Gasteiger partial charge in [-0.25, -0.2) is 4.98 Å². The highest BCUT2D eigenvalue weighted by Crippen LogP contribution is 2.13. The normalized spacial score (nSPS) is 23.1. The third-order valence-corrected chi connectivity index (χ3v) is 4.23. The van der Waals surface area contributed by atoms with Gasteiger partial charge in [0.05, 0.1) is 30.0 Å². The average molecular weight is 294 g/mol. The van der Waals surface area contributed by atoms with Gasteiger partial charge in [0.25, 0.3) is 0 Å². The number of carbonyl (C=O) groups is 1. The molecule has 0 unspecified atom stereocenters. The van der Waals surface area contributed by atoms with Crippen molar-refractivity contribution in [3.05, 3.63) is 35.2 Å². The first-order chi connectivity index (χ1) is 9.63. The van der Waals surface area contributed by atoms with E-state index in [0.717, 1.165) is 31.0 Å². The summed E-state index contributed by atoms with van der Waals surface area (Å²) >= 11 is 6.02. The summed E-state index contributed by atoms with van der Waals surface area (Å²) in [4.78, 5) is 16.6. The molecule has 1 N–H and O–H groups in total. The van der Waals surface area contributed by atoms with Crippen LogP contribution < -0.4 is 10.0 Å².